The molecule has 0 radical (unpaired) electrons. The van der Waals surface area contributed by atoms with E-state index in [2.05, 4.69) is 10.6 Å². The molecule has 0 bridgehead atoms. The molecule has 34 heavy (non-hydrogen) atoms. The van der Waals surface area contributed by atoms with Crippen LogP contribution in [0.5, 0.6) is 0 Å². The zero-order valence-electron chi connectivity index (χ0n) is 21.0. The number of nitrogens with one attached hydrogen (secondary N) is 2. The lowest BCUT2D eigenvalue weighted by atomic mass is 9.82. The number of carbonyl (C=O) groups is 4. The van der Waals surface area contributed by atoms with Crippen molar-refractivity contribution in [2.45, 2.75) is 79.2 Å². The molecule has 2 amide bonds. The molecule has 1 aliphatic heterocycles. The van der Waals surface area contributed by atoms with E-state index in [1.165, 1.54) is 0 Å². The first-order chi connectivity index (χ1) is 16.0. The zero-order chi connectivity index (χ0) is 25.4. The topological polar surface area (TPSA) is 111 Å². The Labute approximate surface area is 202 Å². The highest BCUT2D eigenvalue weighted by Crippen LogP contribution is 2.31. The van der Waals surface area contributed by atoms with Gasteiger partial charge in [0.05, 0.1) is 0 Å². The summed E-state index contributed by atoms with van der Waals surface area (Å²) in [4.78, 5) is 50.6. The van der Waals surface area contributed by atoms with Crippen LogP contribution in [0, 0.1) is 23.7 Å². The summed E-state index contributed by atoms with van der Waals surface area (Å²) in [5.41, 5.74) is 0.851. The Morgan fingerprint density at radius 3 is 2.21 bits per heavy atom. The first-order valence-corrected chi connectivity index (χ1v) is 12.1. The van der Waals surface area contributed by atoms with E-state index < -0.39 is 47.9 Å². The fourth-order valence-corrected chi connectivity index (χ4v) is 3.88. The lowest BCUT2D eigenvalue weighted by Crippen LogP contribution is -2.61. The molecule has 1 heterocycles. The van der Waals surface area contributed by atoms with E-state index in [9.17, 15) is 19.2 Å². The second-order valence-electron chi connectivity index (χ2n) is 9.78. The number of rotatable bonds is 12. The number of benzene rings is 1. The quantitative estimate of drug-likeness (QED) is 0.451. The maximum Gasteiger partial charge on any atom is 0.328 e. The molecule has 0 spiro atoms. The van der Waals surface area contributed by atoms with Gasteiger partial charge in [-0.3, -0.25) is 14.4 Å². The lowest BCUT2D eigenvalue weighted by Gasteiger charge is -2.38. The van der Waals surface area contributed by atoms with Crippen LogP contribution in [0.4, 0.5) is 0 Å². The fraction of sp³-hybridized carbons (Fsp3) is 0.615. The number of cyclic esters (lactones) is 1. The number of hydrogen-bond acceptors (Lipinski definition) is 6. The van der Waals surface area contributed by atoms with Gasteiger partial charge in [0.1, 0.15) is 24.6 Å². The second-order valence-corrected chi connectivity index (χ2v) is 9.78. The van der Waals surface area contributed by atoms with Crippen LogP contribution in [-0.4, -0.2) is 41.9 Å². The van der Waals surface area contributed by atoms with Crippen molar-refractivity contribution in [1.29, 1.82) is 0 Å². The summed E-state index contributed by atoms with van der Waals surface area (Å²) in [5, 5.41) is 5.49. The molecule has 4 unspecified atom stereocenters. The average molecular weight is 475 g/mol. The van der Waals surface area contributed by atoms with Crippen LogP contribution in [0.3, 0.4) is 0 Å². The number of hydrogen-bond donors (Lipinski definition) is 2. The van der Waals surface area contributed by atoms with E-state index in [-0.39, 0.29) is 24.4 Å². The first-order valence-electron chi connectivity index (χ1n) is 12.1. The van der Waals surface area contributed by atoms with Gasteiger partial charge in [-0.05, 0) is 29.7 Å². The Kier molecular flexibility index (Phi) is 10.1. The zero-order valence-corrected chi connectivity index (χ0v) is 21.0. The summed E-state index contributed by atoms with van der Waals surface area (Å²) in [7, 11) is 0. The Morgan fingerprint density at radius 2 is 1.68 bits per heavy atom. The molecule has 0 aliphatic carbocycles. The highest BCUT2D eigenvalue weighted by atomic mass is 16.6. The van der Waals surface area contributed by atoms with Crippen LogP contribution >= 0.6 is 0 Å². The molecule has 1 aromatic carbocycles. The van der Waals surface area contributed by atoms with Crippen LogP contribution < -0.4 is 10.6 Å². The molecular formula is C26H38N2O6. The van der Waals surface area contributed by atoms with Gasteiger partial charge in [-0.25, -0.2) is 4.79 Å². The predicted octanol–water partition coefficient (Wildman–Crippen LogP) is 2.99. The third-order valence-electron chi connectivity index (χ3n) is 6.14. The van der Waals surface area contributed by atoms with Crippen molar-refractivity contribution in [3.8, 4) is 0 Å². The molecule has 0 saturated carbocycles. The van der Waals surface area contributed by atoms with Crippen molar-refractivity contribution in [2.24, 2.45) is 23.7 Å². The third-order valence-corrected chi connectivity index (χ3v) is 6.14. The molecule has 188 valence electrons. The predicted molar refractivity (Wildman–Crippen MR) is 127 cm³/mol. The lowest BCUT2D eigenvalue weighted by molar-refractivity contribution is -0.193. The van der Waals surface area contributed by atoms with Crippen molar-refractivity contribution in [3.05, 3.63) is 35.9 Å². The minimum absolute atomic E-state index is 0.00173. The number of amides is 2. The van der Waals surface area contributed by atoms with Gasteiger partial charge in [-0.2, -0.15) is 0 Å². The van der Waals surface area contributed by atoms with E-state index in [0.717, 1.165) is 12.0 Å². The van der Waals surface area contributed by atoms with Gasteiger partial charge in [0, 0.05) is 0 Å². The average Bonchev–Trinajstić information content (AvgIpc) is 2.78. The summed E-state index contributed by atoms with van der Waals surface area (Å²) in [6, 6.07) is 7.57. The van der Waals surface area contributed by atoms with E-state index in [1.807, 2.05) is 58.0 Å². The fourth-order valence-electron chi connectivity index (χ4n) is 3.88. The van der Waals surface area contributed by atoms with Gasteiger partial charge in [0.25, 0.3) is 5.91 Å². The van der Waals surface area contributed by atoms with Gasteiger partial charge in [-0.1, -0.05) is 78.3 Å². The summed E-state index contributed by atoms with van der Waals surface area (Å²) >= 11 is 0. The van der Waals surface area contributed by atoms with Crippen LogP contribution in [0.15, 0.2) is 30.3 Å². The Morgan fingerprint density at radius 1 is 1.03 bits per heavy atom. The first kappa shape index (κ1) is 27.3. The van der Waals surface area contributed by atoms with E-state index in [0.29, 0.717) is 6.42 Å². The third kappa shape index (κ3) is 7.30. The molecule has 8 nitrogen and oxygen atoms in total. The molecule has 1 fully saturated rings. The normalized spacial score (nSPS) is 20.1. The standard InChI is InChI=1S/C26H38N2O6/c1-7-17(6)20-22(34-26(20)32)24(30)28-21(16(4)5)23(29)27-19(13-15(2)3)25(31)33-14-18-11-9-8-10-12-18/h8-12,15-17,19-22H,7,13-14H2,1-6H3,(H,27,29)(H,28,30)/t17-,19?,20?,21?,22?/m0/s1. The Hall–Kier alpha value is -2.90. The van der Waals surface area contributed by atoms with E-state index in [1.54, 1.807) is 13.8 Å². The Bertz CT molecular complexity index is 854. The van der Waals surface area contributed by atoms with Crippen LogP contribution in [0.2, 0.25) is 0 Å². The maximum atomic E-state index is 13.1. The number of carbonyl (C=O) groups excluding carboxylic acids is 4. The molecule has 5 atom stereocenters. The Balaban J connectivity index is 2.04. The van der Waals surface area contributed by atoms with Gasteiger partial charge in [0.15, 0.2) is 6.10 Å². The number of esters is 2. The molecule has 1 saturated heterocycles. The summed E-state index contributed by atoms with van der Waals surface area (Å²) in [5.74, 6) is -2.51. The smallest absolute Gasteiger partial charge is 0.328 e. The van der Waals surface area contributed by atoms with Crippen LogP contribution in [-0.2, 0) is 35.3 Å². The minimum atomic E-state index is -0.904. The highest BCUT2D eigenvalue weighted by molar-refractivity contribution is 5.97. The minimum Gasteiger partial charge on any atom is -0.459 e. The van der Waals surface area contributed by atoms with Gasteiger partial charge in [-0.15, -0.1) is 0 Å². The summed E-state index contributed by atoms with van der Waals surface area (Å²) in [6.07, 6.45) is 0.229. The molecular weight excluding hydrogens is 436 g/mol. The highest BCUT2D eigenvalue weighted by Gasteiger charge is 2.50. The van der Waals surface area contributed by atoms with E-state index >= 15 is 0 Å². The van der Waals surface area contributed by atoms with Crippen LogP contribution in [0.1, 0.15) is 59.9 Å². The van der Waals surface area contributed by atoms with Gasteiger partial charge >= 0.3 is 11.9 Å². The molecule has 0 aromatic heterocycles. The summed E-state index contributed by atoms with van der Waals surface area (Å²) < 4.78 is 10.5. The van der Waals surface area contributed by atoms with Crippen molar-refractivity contribution in [1.82, 2.24) is 10.6 Å². The molecule has 8 heteroatoms. The van der Waals surface area contributed by atoms with Crippen molar-refractivity contribution in [3.63, 3.8) is 0 Å². The van der Waals surface area contributed by atoms with Crippen LogP contribution in [0.25, 0.3) is 0 Å². The van der Waals surface area contributed by atoms with Gasteiger partial charge in [0.2, 0.25) is 5.91 Å². The molecule has 2 rings (SSSR count). The maximum absolute atomic E-state index is 13.1. The molecule has 2 N–H and O–H groups in total. The van der Waals surface area contributed by atoms with Gasteiger partial charge < -0.3 is 20.1 Å². The summed E-state index contributed by atoms with van der Waals surface area (Å²) in [6.45, 7) is 11.5. The van der Waals surface area contributed by atoms with E-state index in [4.69, 9.17) is 9.47 Å². The largest absolute Gasteiger partial charge is 0.459 e. The SMILES string of the molecule is CC[C@H](C)C1C(=O)OC1C(=O)NC(C(=O)NC(CC(C)C)C(=O)OCc1ccccc1)C(C)C. The van der Waals surface area contributed by atoms with Crippen molar-refractivity contribution < 1.29 is 28.7 Å². The van der Waals surface area contributed by atoms with Crippen molar-refractivity contribution in [2.75, 3.05) is 0 Å². The number of ether oxygens (including phenoxy) is 2. The monoisotopic (exact) mass is 474 g/mol. The molecule has 1 aliphatic rings. The second kappa shape index (κ2) is 12.5. The van der Waals surface area contributed by atoms with Crippen molar-refractivity contribution >= 4 is 23.8 Å². The molecule has 1 aromatic rings.